The van der Waals surface area contributed by atoms with E-state index < -0.39 is 15.6 Å². The van der Waals surface area contributed by atoms with Gasteiger partial charge in [0.1, 0.15) is 5.56 Å². The molecule has 0 unspecified atom stereocenters. The van der Waals surface area contributed by atoms with E-state index >= 15 is 0 Å². The van der Waals surface area contributed by atoms with Crippen LogP contribution >= 0.6 is 0 Å². The molecule has 0 atom stereocenters. The zero-order chi connectivity index (χ0) is 19.6. The quantitative estimate of drug-likeness (QED) is 0.741. The summed E-state index contributed by atoms with van der Waals surface area (Å²) in [6.45, 7) is 7.69. The Bertz CT molecular complexity index is 929. The Balaban J connectivity index is 2.57. The molecule has 0 radical (unpaired) electrons. The summed E-state index contributed by atoms with van der Waals surface area (Å²) in [7, 11) is -3.48. The van der Waals surface area contributed by atoms with Gasteiger partial charge in [0.25, 0.3) is 0 Å². The van der Waals surface area contributed by atoms with Crippen LogP contribution in [-0.4, -0.2) is 41.4 Å². The molecule has 1 heterocycles. The number of hydrogen-bond acceptors (Lipinski definition) is 6. The molecule has 0 saturated heterocycles. The van der Waals surface area contributed by atoms with Crippen LogP contribution in [0.3, 0.4) is 0 Å². The molecule has 0 aliphatic rings. The van der Waals surface area contributed by atoms with Gasteiger partial charge in [-0.15, -0.1) is 0 Å². The van der Waals surface area contributed by atoms with Crippen molar-refractivity contribution in [2.45, 2.75) is 51.8 Å². The third-order valence-electron chi connectivity index (χ3n) is 4.12. The van der Waals surface area contributed by atoms with Gasteiger partial charge in [-0.3, -0.25) is 4.79 Å². The average Bonchev–Trinajstić information content (AvgIpc) is 2.92. The third kappa shape index (κ3) is 3.96. The van der Waals surface area contributed by atoms with E-state index in [1.807, 2.05) is 13.8 Å². The highest BCUT2D eigenvalue weighted by Gasteiger charge is 2.24. The molecule has 0 spiro atoms. The fourth-order valence-electron chi connectivity index (χ4n) is 2.67. The Labute approximate surface area is 153 Å². The number of benzene rings is 1. The molecular formula is C18H24N2O5S. The molecule has 7 nitrogen and oxygen atoms in total. The van der Waals surface area contributed by atoms with E-state index in [0.717, 1.165) is 6.26 Å². The van der Waals surface area contributed by atoms with Crippen molar-refractivity contribution in [3.63, 3.8) is 0 Å². The van der Waals surface area contributed by atoms with Crippen molar-refractivity contribution in [1.29, 1.82) is 0 Å². The van der Waals surface area contributed by atoms with Gasteiger partial charge < -0.3 is 9.84 Å². The molecule has 0 fully saturated rings. The van der Waals surface area contributed by atoms with Crippen molar-refractivity contribution in [2.24, 2.45) is 0 Å². The molecule has 2 aromatic rings. The highest BCUT2D eigenvalue weighted by molar-refractivity contribution is 7.90. The third-order valence-corrected chi connectivity index (χ3v) is 5.30. The molecule has 1 aromatic carbocycles. The molecule has 1 N–H and O–H groups in total. The second kappa shape index (κ2) is 7.59. The van der Waals surface area contributed by atoms with E-state index in [1.54, 1.807) is 13.8 Å². The summed E-state index contributed by atoms with van der Waals surface area (Å²) in [4.78, 5) is 13.0. The molecule has 0 saturated carbocycles. The summed E-state index contributed by atoms with van der Waals surface area (Å²) in [6, 6.07) is 2.88. The van der Waals surface area contributed by atoms with Crippen LogP contribution in [0.25, 0.3) is 0 Å². The van der Waals surface area contributed by atoms with E-state index in [-0.39, 0.29) is 29.0 Å². The Morgan fingerprint density at radius 3 is 2.46 bits per heavy atom. The predicted molar refractivity (Wildman–Crippen MR) is 97.2 cm³/mol. The minimum Gasteiger partial charge on any atom is -0.493 e. The number of ketones is 1. The van der Waals surface area contributed by atoms with Crippen LogP contribution in [0.2, 0.25) is 0 Å². The fourth-order valence-corrected chi connectivity index (χ4v) is 3.65. The van der Waals surface area contributed by atoms with Gasteiger partial charge >= 0.3 is 0 Å². The zero-order valence-corrected chi connectivity index (χ0v) is 16.4. The Morgan fingerprint density at radius 2 is 1.96 bits per heavy atom. The van der Waals surface area contributed by atoms with Crippen LogP contribution in [0, 0.1) is 6.92 Å². The largest absolute Gasteiger partial charge is 0.493 e. The molecule has 26 heavy (non-hydrogen) atoms. The number of sulfone groups is 1. The first-order chi connectivity index (χ1) is 12.1. The number of aromatic hydroxyl groups is 1. The van der Waals surface area contributed by atoms with E-state index in [4.69, 9.17) is 4.74 Å². The fraction of sp³-hybridized carbons (Fsp3) is 0.444. The minimum absolute atomic E-state index is 0.0766. The van der Waals surface area contributed by atoms with Gasteiger partial charge in [0, 0.05) is 18.4 Å². The maximum atomic E-state index is 12.9. The number of carbonyl (C=O) groups is 1. The van der Waals surface area contributed by atoms with Crippen molar-refractivity contribution < 1.29 is 23.1 Å². The lowest BCUT2D eigenvalue weighted by Crippen LogP contribution is -2.13. The van der Waals surface area contributed by atoms with E-state index in [1.165, 1.54) is 23.0 Å². The van der Waals surface area contributed by atoms with Crippen LogP contribution in [0.15, 0.2) is 23.2 Å². The lowest BCUT2D eigenvalue weighted by atomic mass is 9.97. The first kappa shape index (κ1) is 20.1. The summed E-state index contributed by atoms with van der Waals surface area (Å²) in [5.74, 6) is -0.616. The monoisotopic (exact) mass is 380 g/mol. The van der Waals surface area contributed by atoms with Crippen molar-refractivity contribution in [1.82, 2.24) is 9.78 Å². The maximum Gasteiger partial charge on any atom is 0.220 e. The number of ether oxygens (including phenoxy) is 1. The molecule has 0 amide bonds. The molecule has 0 bridgehead atoms. The van der Waals surface area contributed by atoms with Crippen molar-refractivity contribution in [2.75, 3.05) is 6.26 Å². The summed E-state index contributed by atoms with van der Waals surface area (Å²) in [6.07, 6.45) is 2.35. The number of rotatable bonds is 7. The van der Waals surface area contributed by atoms with Gasteiger partial charge in [-0.25, -0.2) is 13.1 Å². The number of aryl methyl sites for hydroxylation is 1. The van der Waals surface area contributed by atoms with Crippen molar-refractivity contribution in [3.8, 4) is 5.88 Å². The van der Waals surface area contributed by atoms with E-state index in [2.05, 4.69) is 5.10 Å². The minimum atomic E-state index is -3.48. The summed E-state index contributed by atoms with van der Waals surface area (Å²) < 4.78 is 31.1. The SMILES string of the molecule is CCn1ncc(C(=O)c2ccc(S(C)(=O)=O)c(COC(C)C)c2C)c1O. The van der Waals surface area contributed by atoms with Crippen LogP contribution in [-0.2, 0) is 27.7 Å². The normalized spacial score (nSPS) is 11.9. The maximum absolute atomic E-state index is 12.9. The highest BCUT2D eigenvalue weighted by atomic mass is 32.2. The highest BCUT2D eigenvalue weighted by Crippen LogP contribution is 2.28. The number of hydrogen-bond donors (Lipinski definition) is 1. The lowest BCUT2D eigenvalue weighted by Gasteiger charge is -2.16. The van der Waals surface area contributed by atoms with Crippen LogP contribution in [0.4, 0.5) is 0 Å². The average molecular weight is 380 g/mol. The standard InChI is InChI=1S/C18H24N2O5S/c1-6-20-18(22)14(9-19-20)17(21)13-7-8-16(26(5,23)24)15(12(13)4)10-25-11(2)3/h7-9,11,22H,6,10H2,1-5H3. The van der Waals surface area contributed by atoms with Gasteiger partial charge in [-0.1, -0.05) is 0 Å². The lowest BCUT2D eigenvalue weighted by molar-refractivity contribution is 0.0640. The van der Waals surface area contributed by atoms with Gasteiger partial charge in [-0.2, -0.15) is 5.10 Å². The predicted octanol–water partition coefficient (Wildman–Crippen LogP) is 2.48. The van der Waals surface area contributed by atoms with E-state index in [0.29, 0.717) is 23.2 Å². The van der Waals surface area contributed by atoms with Crippen LogP contribution < -0.4 is 0 Å². The van der Waals surface area contributed by atoms with Crippen LogP contribution in [0.1, 0.15) is 47.8 Å². The number of nitrogens with zero attached hydrogens (tertiary/aromatic N) is 2. The Hall–Kier alpha value is -2.19. The van der Waals surface area contributed by atoms with Gasteiger partial charge in [0.15, 0.2) is 15.6 Å². The molecule has 142 valence electrons. The smallest absolute Gasteiger partial charge is 0.220 e. The van der Waals surface area contributed by atoms with Gasteiger partial charge in [0.2, 0.25) is 5.88 Å². The first-order valence-electron chi connectivity index (χ1n) is 8.31. The van der Waals surface area contributed by atoms with Crippen molar-refractivity contribution >= 4 is 15.6 Å². The van der Waals surface area contributed by atoms with Crippen molar-refractivity contribution in [3.05, 3.63) is 40.6 Å². The van der Waals surface area contributed by atoms with E-state index in [9.17, 15) is 18.3 Å². The van der Waals surface area contributed by atoms with Gasteiger partial charge in [-0.05, 0) is 51.0 Å². The molecule has 2 rings (SSSR count). The molecule has 0 aliphatic carbocycles. The molecular weight excluding hydrogens is 356 g/mol. The van der Waals surface area contributed by atoms with Gasteiger partial charge in [0.05, 0.1) is 23.8 Å². The first-order valence-corrected chi connectivity index (χ1v) is 10.2. The number of aromatic nitrogens is 2. The summed E-state index contributed by atoms with van der Waals surface area (Å²) in [5.41, 5.74) is 1.36. The number of carbonyl (C=O) groups excluding carboxylic acids is 1. The zero-order valence-electron chi connectivity index (χ0n) is 15.6. The molecule has 1 aromatic heterocycles. The second-order valence-electron chi connectivity index (χ2n) is 6.37. The second-order valence-corrected chi connectivity index (χ2v) is 8.36. The summed E-state index contributed by atoms with van der Waals surface area (Å²) >= 11 is 0. The summed E-state index contributed by atoms with van der Waals surface area (Å²) in [5, 5.41) is 14.1. The Kier molecular flexibility index (Phi) is 5.87. The molecule has 0 aliphatic heterocycles. The molecule has 8 heteroatoms. The van der Waals surface area contributed by atoms with Crippen LogP contribution in [0.5, 0.6) is 5.88 Å². The topological polar surface area (TPSA) is 98.5 Å². The Morgan fingerprint density at radius 1 is 1.31 bits per heavy atom.